The van der Waals surface area contributed by atoms with E-state index in [1.54, 1.807) is 6.26 Å². The fraction of sp³-hybridized carbons (Fsp3) is 0.875. The van der Waals surface area contributed by atoms with Crippen molar-refractivity contribution in [1.29, 1.82) is 0 Å². The first-order valence-electron chi connectivity index (χ1n) is 8.11. The average Bonchev–Trinajstić information content (AvgIpc) is 2.38. The fourth-order valence-corrected chi connectivity index (χ4v) is 5.65. The molecule has 2 rings (SSSR count). The molecule has 1 saturated carbocycles. The van der Waals surface area contributed by atoms with Gasteiger partial charge in [-0.1, -0.05) is 13.3 Å². The van der Waals surface area contributed by atoms with Crippen LogP contribution < -0.4 is 0 Å². The first-order chi connectivity index (χ1) is 9.84. The minimum Gasteiger partial charge on any atom is -0.495 e. The van der Waals surface area contributed by atoms with Gasteiger partial charge in [-0.3, -0.25) is 4.57 Å². The zero-order chi connectivity index (χ0) is 15.7. The molecule has 0 aromatic heterocycles. The highest BCUT2D eigenvalue weighted by Gasteiger charge is 2.50. The molecule has 1 fully saturated rings. The molecular formula is C16H29O4P. The Morgan fingerprint density at radius 2 is 1.90 bits per heavy atom. The normalized spacial score (nSPS) is 32.0. The first kappa shape index (κ1) is 17.1. The van der Waals surface area contributed by atoms with Gasteiger partial charge in [0.15, 0.2) is 0 Å². The lowest BCUT2D eigenvalue weighted by molar-refractivity contribution is -0.0553. The second kappa shape index (κ2) is 6.44. The molecule has 1 unspecified atom stereocenters. The SMILES string of the molecule is CCOP(=O)(OCC)C1=COC(C)(C)C2CC[C@H](C)C[C@H]12. The molecule has 0 amide bonds. The quantitative estimate of drug-likeness (QED) is 0.673. The Balaban J connectivity index is 2.36. The molecule has 2 aliphatic rings. The van der Waals surface area contributed by atoms with Crippen molar-refractivity contribution in [3.05, 3.63) is 11.6 Å². The molecule has 0 N–H and O–H groups in total. The van der Waals surface area contributed by atoms with E-state index in [0.29, 0.717) is 25.0 Å². The number of rotatable bonds is 5. The van der Waals surface area contributed by atoms with E-state index in [-0.39, 0.29) is 11.5 Å². The summed E-state index contributed by atoms with van der Waals surface area (Å²) in [7, 11) is -3.23. The van der Waals surface area contributed by atoms with Gasteiger partial charge in [-0.2, -0.15) is 0 Å². The van der Waals surface area contributed by atoms with Crippen molar-refractivity contribution in [2.75, 3.05) is 13.2 Å². The molecule has 1 aliphatic heterocycles. The lowest BCUT2D eigenvalue weighted by Gasteiger charge is -2.48. The van der Waals surface area contributed by atoms with Crippen LogP contribution >= 0.6 is 7.60 Å². The maximum absolute atomic E-state index is 13.1. The van der Waals surface area contributed by atoms with Gasteiger partial charge >= 0.3 is 7.60 Å². The number of hydrogen-bond donors (Lipinski definition) is 0. The molecule has 1 aliphatic carbocycles. The molecule has 122 valence electrons. The first-order valence-corrected chi connectivity index (χ1v) is 9.66. The summed E-state index contributed by atoms with van der Waals surface area (Å²) in [6, 6.07) is 0. The Bertz CT molecular complexity index is 434. The second-order valence-electron chi connectivity index (χ2n) is 6.73. The highest BCUT2D eigenvalue weighted by molar-refractivity contribution is 7.58. The number of hydrogen-bond acceptors (Lipinski definition) is 4. The van der Waals surface area contributed by atoms with Gasteiger partial charge in [0.1, 0.15) is 5.60 Å². The molecule has 21 heavy (non-hydrogen) atoms. The number of ether oxygens (including phenoxy) is 1. The van der Waals surface area contributed by atoms with Crippen LogP contribution in [-0.4, -0.2) is 18.8 Å². The lowest BCUT2D eigenvalue weighted by atomic mass is 9.67. The van der Waals surface area contributed by atoms with Crippen molar-refractivity contribution in [2.24, 2.45) is 17.8 Å². The summed E-state index contributed by atoms with van der Waals surface area (Å²) >= 11 is 0. The van der Waals surface area contributed by atoms with Gasteiger partial charge in [0.05, 0.1) is 24.8 Å². The summed E-state index contributed by atoms with van der Waals surface area (Å²) in [5, 5.41) is 0.752. The van der Waals surface area contributed by atoms with E-state index in [9.17, 15) is 4.57 Å². The van der Waals surface area contributed by atoms with Crippen molar-refractivity contribution in [1.82, 2.24) is 0 Å². The summed E-state index contributed by atoms with van der Waals surface area (Å²) < 4.78 is 30.2. The monoisotopic (exact) mass is 316 g/mol. The highest BCUT2D eigenvalue weighted by atomic mass is 31.2. The Morgan fingerprint density at radius 1 is 1.29 bits per heavy atom. The minimum atomic E-state index is -3.23. The van der Waals surface area contributed by atoms with Gasteiger partial charge in [-0.15, -0.1) is 0 Å². The minimum absolute atomic E-state index is 0.211. The molecule has 1 heterocycles. The van der Waals surface area contributed by atoms with Crippen LogP contribution in [0, 0.1) is 17.8 Å². The van der Waals surface area contributed by atoms with E-state index in [1.165, 1.54) is 6.42 Å². The molecule has 0 bridgehead atoms. The molecular weight excluding hydrogens is 287 g/mol. The maximum Gasteiger partial charge on any atom is 0.360 e. The highest BCUT2D eigenvalue weighted by Crippen LogP contribution is 2.64. The summed E-state index contributed by atoms with van der Waals surface area (Å²) in [4.78, 5) is 0. The van der Waals surface area contributed by atoms with Crippen LogP contribution in [0.1, 0.15) is 53.9 Å². The van der Waals surface area contributed by atoms with Gasteiger partial charge in [0.2, 0.25) is 0 Å². The third-order valence-corrected chi connectivity index (χ3v) is 7.05. The van der Waals surface area contributed by atoms with E-state index in [4.69, 9.17) is 13.8 Å². The van der Waals surface area contributed by atoms with Crippen molar-refractivity contribution >= 4 is 7.60 Å². The molecule has 0 saturated heterocycles. The summed E-state index contributed by atoms with van der Waals surface area (Å²) in [5.41, 5.74) is -0.211. The van der Waals surface area contributed by atoms with Gasteiger partial charge in [-0.05, 0) is 46.5 Å². The van der Waals surface area contributed by atoms with Crippen LogP contribution in [0.5, 0.6) is 0 Å². The third-order valence-electron chi connectivity index (χ3n) is 4.78. The van der Waals surface area contributed by atoms with Crippen LogP contribution in [0.15, 0.2) is 11.6 Å². The van der Waals surface area contributed by atoms with E-state index in [0.717, 1.165) is 18.2 Å². The fourth-order valence-electron chi connectivity index (χ4n) is 3.72. The van der Waals surface area contributed by atoms with Gasteiger partial charge in [0, 0.05) is 11.8 Å². The second-order valence-corrected chi connectivity index (χ2v) is 8.76. The largest absolute Gasteiger partial charge is 0.495 e. The van der Waals surface area contributed by atoms with E-state index >= 15 is 0 Å². The van der Waals surface area contributed by atoms with Crippen LogP contribution in [0.3, 0.4) is 0 Å². The average molecular weight is 316 g/mol. The molecule has 0 aromatic rings. The Hall–Kier alpha value is -0.310. The summed E-state index contributed by atoms with van der Waals surface area (Å²) in [5.74, 6) is 1.25. The van der Waals surface area contributed by atoms with Crippen molar-refractivity contribution in [2.45, 2.75) is 59.5 Å². The van der Waals surface area contributed by atoms with Crippen LogP contribution in [-0.2, 0) is 18.3 Å². The van der Waals surface area contributed by atoms with Crippen molar-refractivity contribution in [3.63, 3.8) is 0 Å². The lowest BCUT2D eigenvalue weighted by Crippen LogP contribution is -2.44. The predicted octanol–water partition coefficient (Wildman–Crippen LogP) is 4.96. The molecule has 5 heteroatoms. The Kier molecular flexibility index (Phi) is 5.23. The summed E-state index contributed by atoms with van der Waals surface area (Å²) in [6.07, 6.45) is 5.02. The zero-order valence-electron chi connectivity index (χ0n) is 13.9. The van der Waals surface area contributed by atoms with Crippen LogP contribution in [0.4, 0.5) is 0 Å². The van der Waals surface area contributed by atoms with Gasteiger partial charge in [0.25, 0.3) is 0 Å². The van der Waals surface area contributed by atoms with Gasteiger partial charge < -0.3 is 13.8 Å². The zero-order valence-corrected chi connectivity index (χ0v) is 14.8. The maximum atomic E-state index is 13.1. The topological polar surface area (TPSA) is 44.8 Å². The molecule has 4 nitrogen and oxygen atoms in total. The van der Waals surface area contributed by atoms with Crippen molar-refractivity contribution < 1.29 is 18.3 Å². The van der Waals surface area contributed by atoms with E-state index in [1.807, 2.05) is 13.8 Å². The molecule has 0 spiro atoms. The molecule has 3 atom stereocenters. The van der Waals surface area contributed by atoms with Gasteiger partial charge in [-0.25, -0.2) is 0 Å². The molecule has 0 radical (unpaired) electrons. The van der Waals surface area contributed by atoms with E-state index < -0.39 is 7.60 Å². The number of fused-ring (bicyclic) bond motifs is 1. The Labute approximate surface area is 128 Å². The smallest absolute Gasteiger partial charge is 0.360 e. The standard InChI is InChI=1S/C16H29O4P/c1-6-19-21(17,20-7-2)15-11-18-16(4,5)14-9-8-12(3)10-13(14)15/h11-14H,6-10H2,1-5H3/t12-,13-,14?/m0/s1. The predicted molar refractivity (Wildman–Crippen MR) is 84.1 cm³/mol. The van der Waals surface area contributed by atoms with Crippen LogP contribution in [0.25, 0.3) is 0 Å². The van der Waals surface area contributed by atoms with Crippen LogP contribution in [0.2, 0.25) is 0 Å². The van der Waals surface area contributed by atoms with Crippen molar-refractivity contribution in [3.8, 4) is 0 Å². The number of allylic oxidation sites excluding steroid dienone is 1. The molecule has 0 aromatic carbocycles. The Morgan fingerprint density at radius 3 is 2.48 bits per heavy atom. The third kappa shape index (κ3) is 3.38. The summed E-state index contributed by atoms with van der Waals surface area (Å²) in [6.45, 7) is 11.0. The van der Waals surface area contributed by atoms with E-state index in [2.05, 4.69) is 20.8 Å².